The van der Waals surface area contributed by atoms with Crippen LogP contribution in [0, 0.1) is 0 Å². The van der Waals surface area contributed by atoms with Crippen molar-refractivity contribution in [3.8, 4) is 0 Å². The van der Waals surface area contributed by atoms with Gasteiger partial charge in [-0.2, -0.15) is 0 Å². The first-order valence-electron chi connectivity index (χ1n) is 6.99. The molecule has 0 bridgehead atoms. The van der Waals surface area contributed by atoms with Crippen LogP contribution in [-0.4, -0.2) is 16.8 Å². The molecule has 116 valence electrons. The summed E-state index contributed by atoms with van der Waals surface area (Å²) in [6.07, 6.45) is 0. The molecular weight excluding hydrogens is 314 g/mol. The van der Waals surface area contributed by atoms with Crippen LogP contribution >= 0.6 is 11.6 Å². The van der Waals surface area contributed by atoms with Gasteiger partial charge in [-0.25, -0.2) is 0 Å². The second-order valence-corrected chi connectivity index (χ2v) is 5.51. The summed E-state index contributed by atoms with van der Waals surface area (Å²) in [7, 11) is 0. The van der Waals surface area contributed by atoms with Crippen LogP contribution in [0.4, 0.5) is 11.4 Å². The topological polar surface area (TPSA) is 74.0 Å². The number of carbonyl (C=O) groups excluding carboxylic acids is 2. The summed E-state index contributed by atoms with van der Waals surface area (Å²) in [4.78, 5) is 26.4. The molecule has 0 aliphatic carbocycles. The third-order valence-electron chi connectivity index (χ3n) is 3.31. The summed E-state index contributed by atoms with van der Waals surface area (Å²) in [5, 5.41) is 6.71. The van der Waals surface area contributed by atoms with Crippen LogP contribution < -0.4 is 10.6 Å². The van der Waals surface area contributed by atoms with E-state index in [4.69, 9.17) is 11.6 Å². The smallest absolute Gasteiger partial charge is 0.272 e. The lowest BCUT2D eigenvalue weighted by Crippen LogP contribution is -2.12. The number of nitrogens with one attached hydrogen (secondary N) is 3. The first-order chi connectivity index (χ1) is 11.0. The number of anilines is 2. The molecule has 0 aliphatic rings. The number of hydrogen-bond acceptors (Lipinski definition) is 2. The molecule has 6 heteroatoms. The van der Waals surface area contributed by atoms with E-state index < -0.39 is 0 Å². The van der Waals surface area contributed by atoms with Crippen LogP contribution in [0.3, 0.4) is 0 Å². The third kappa shape index (κ3) is 3.35. The van der Waals surface area contributed by atoms with E-state index in [2.05, 4.69) is 15.6 Å². The zero-order valence-electron chi connectivity index (χ0n) is 12.3. The lowest BCUT2D eigenvalue weighted by Gasteiger charge is -2.08. The molecule has 3 aromatic rings. The highest BCUT2D eigenvalue weighted by atomic mass is 35.5. The van der Waals surface area contributed by atoms with Gasteiger partial charge in [0.25, 0.3) is 5.91 Å². The molecule has 0 spiro atoms. The summed E-state index contributed by atoms with van der Waals surface area (Å²) >= 11 is 6.09. The van der Waals surface area contributed by atoms with Crippen molar-refractivity contribution in [1.82, 2.24) is 4.98 Å². The van der Waals surface area contributed by atoms with E-state index in [1.54, 1.807) is 24.3 Å². The molecule has 0 radical (unpaired) electrons. The fraction of sp³-hybridized carbons (Fsp3) is 0.0588. The molecule has 3 N–H and O–H groups in total. The molecule has 0 saturated carbocycles. The summed E-state index contributed by atoms with van der Waals surface area (Å²) in [5.74, 6) is -0.466. The van der Waals surface area contributed by atoms with Gasteiger partial charge in [-0.15, -0.1) is 0 Å². The summed E-state index contributed by atoms with van der Waals surface area (Å²) in [5.41, 5.74) is 2.42. The molecule has 1 aromatic heterocycles. The van der Waals surface area contributed by atoms with Crippen LogP contribution in [0.2, 0.25) is 5.02 Å². The van der Waals surface area contributed by atoms with Crippen LogP contribution in [0.15, 0.2) is 48.5 Å². The highest BCUT2D eigenvalue weighted by Gasteiger charge is 2.11. The SMILES string of the molecule is CC(=O)Nc1ccc(NC(=O)c2cc3ccccc3[nH]2)cc1Cl. The van der Waals surface area contributed by atoms with E-state index in [1.807, 2.05) is 24.3 Å². The predicted octanol–water partition coefficient (Wildman–Crippen LogP) is 4.03. The van der Waals surface area contributed by atoms with Crippen LogP contribution in [-0.2, 0) is 4.79 Å². The molecule has 0 unspecified atom stereocenters. The Kier molecular flexibility index (Phi) is 4.04. The van der Waals surface area contributed by atoms with Crippen LogP contribution in [0.5, 0.6) is 0 Å². The van der Waals surface area contributed by atoms with Crippen LogP contribution in [0.25, 0.3) is 10.9 Å². The minimum atomic E-state index is -0.260. The maximum absolute atomic E-state index is 12.3. The van der Waals surface area contributed by atoms with Gasteiger partial charge in [-0.3, -0.25) is 9.59 Å². The van der Waals surface area contributed by atoms with Crippen molar-refractivity contribution in [1.29, 1.82) is 0 Å². The first kappa shape index (κ1) is 15.1. The maximum Gasteiger partial charge on any atom is 0.272 e. The molecule has 23 heavy (non-hydrogen) atoms. The zero-order valence-corrected chi connectivity index (χ0v) is 13.1. The molecular formula is C17H14ClN3O2. The van der Waals surface area contributed by atoms with Crippen molar-refractivity contribution in [3.05, 3.63) is 59.2 Å². The third-order valence-corrected chi connectivity index (χ3v) is 3.62. The number of halogens is 1. The largest absolute Gasteiger partial charge is 0.351 e. The van der Waals surface area contributed by atoms with Crippen molar-refractivity contribution in [3.63, 3.8) is 0 Å². The Morgan fingerprint density at radius 3 is 2.52 bits per heavy atom. The number of para-hydroxylation sites is 1. The van der Waals surface area contributed by atoms with Gasteiger partial charge in [0.2, 0.25) is 5.91 Å². The van der Waals surface area contributed by atoms with Crippen molar-refractivity contribution < 1.29 is 9.59 Å². The average molecular weight is 328 g/mol. The van der Waals surface area contributed by atoms with Crippen LogP contribution in [0.1, 0.15) is 17.4 Å². The monoisotopic (exact) mass is 327 g/mol. The molecule has 0 fully saturated rings. The van der Waals surface area contributed by atoms with E-state index in [9.17, 15) is 9.59 Å². The number of rotatable bonds is 3. The standard InChI is InChI=1S/C17H14ClN3O2/c1-10(22)19-15-7-6-12(9-13(15)18)20-17(23)16-8-11-4-2-3-5-14(11)21-16/h2-9,21H,1H3,(H,19,22)(H,20,23). The predicted molar refractivity (Wildman–Crippen MR) is 92.0 cm³/mol. The van der Waals surface area contributed by atoms with Gasteiger partial charge in [0.15, 0.2) is 0 Å². The summed E-state index contributed by atoms with van der Waals surface area (Å²) in [6.45, 7) is 1.40. The molecule has 0 atom stereocenters. The number of aromatic nitrogens is 1. The molecule has 2 aromatic carbocycles. The summed E-state index contributed by atoms with van der Waals surface area (Å²) in [6, 6.07) is 14.4. The fourth-order valence-corrected chi connectivity index (χ4v) is 2.51. The number of aromatic amines is 1. The normalized spacial score (nSPS) is 10.5. The number of H-pyrrole nitrogens is 1. The first-order valence-corrected chi connectivity index (χ1v) is 7.37. The van der Waals surface area contributed by atoms with Gasteiger partial charge >= 0.3 is 0 Å². The van der Waals surface area contributed by atoms with Gasteiger partial charge < -0.3 is 15.6 Å². The zero-order chi connectivity index (χ0) is 16.4. The Labute approximate surface area is 137 Å². The Bertz CT molecular complexity index is 869. The van der Waals surface area contributed by atoms with Gasteiger partial charge in [0.1, 0.15) is 5.69 Å². The van der Waals surface area contributed by atoms with E-state index in [0.717, 1.165) is 10.9 Å². The van der Waals surface area contributed by atoms with Gasteiger partial charge in [-0.1, -0.05) is 29.8 Å². The second kappa shape index (κ2) is 6.14. The molecule has 0 saturated heterocycles. The maximum atomic E-state index is 12.3. The van der Waals surface area contributed by atoms with Crippen molar-refractivity contribution in [2.75, 3.05) is 10.6 Å². The van der Waals surface area contributed by atoms with Crippen molar-refractivity contribution in [2.24, 2.45) is 0 Å². The highest BCUT2D eigenvalue weighted by Crippen LogP contribution is 2.26. The number of carbonyl (C=O) groups is 2. The van der Waals surface area contributed by atoms with Crippen molar-refractivity contribution >= 4 is 45.7 Å². The van der Waals surface area contributed by atoms with E-state index >= 15 is 0 Å². The lowest BCUT2D eigenvalue weighted by molar-refractivity contribution is -0.114. The van der Waals surface area contributed by atoms with E-state index in [-0.39, 0.29) is 11.8 Å². The average Bonchev–Trinajstić information content (AvgIpc) is 2.94. The Balaban J connectivity index is 1.79. The molecule has 5 nitrogen and oxygen atoms in total. The number of benzene rings is 2. The number of fused-ring (bicyclic) bond motifs is 1. The highest BCUT2D eigenvalue weighted by molar-refractivity contribution is 6.34. The Hall–Kier alpha value is -2.79. The Morgan fingerprint density at radius 1 is 1.04 bits per heavy atom. The fourth-order valence-electron chi connectivity index (χ4n) is 2.28. The number of hydrogen-bond donors (Lipinski definition) is 3. The lowest BCUT2D eigenvalue weighted by atomic mass is 10.2. The number of amides is 2. The minimum Gasteiger partial charge on any atom is -0.351 e. The van der Waals surface area contributed by atoms with Gasteiger partial charge in [-0.05, 0) is 30.3 Å². The quantitative estimate of drug-likeness (QED) is 0.679. The second-order valence-electron chi connectivity index (χ2n) is 5.10. The van der Waals surface area contributed by atoms with Crippen molar-refractivity contribution in [2.45, 2.75) is 6.92 Å². The minimum absolute atomic E-state index is 0.207. The molecule has 2 amide bonds. The van der Waals surface area contributed by atoms with E-state index in [0.29, 0.717) is 22.1 Å². The van der Waals surface area contributed by atoms with Gasteiger partial charge in [0, 0.05) is 23.5 Å². The molecule has 3 rings (SSSR count). The molecule has 1 heterocycles. The van der Waals surface area contributed by atoms with Gasteiger partial charge in [0.05, 0.1) is 10.7 Å². The molecule has 0 aliphatic heterocycles. The van der Waals surface area contributed by atoms with E-state index in [1.165, 1.54) is 6.92 Å². The summed E-state index contributed by atoms with van der Waals surface area (Å²) < 4.78 is 0. The Morgan fingerprint density at radius 2 is 1.83 bits per heavy atom.